The Labute approximate surface area is 146 Å². The van der Waals surface area contributed by atoms with E-state index < -0.39 is 5.56 Å². The van der Waals surface area contributed by atoms with Crippen LogP contribution in [0.3, 0.4) is 0 Å². The van der Waals surface area contributed by atoms with Crippen molar-refractivity contribution in [1.82, 2.24) is 9.55 Å². The van der Waals surface area contributed by atoms with E-state index in [9.17, 15) is 9.90 Å². The van der Waals surface area contributed by atoms with Gasteiger partial charge in [-0.2, -0.15) is 0 Å². The van der Waals surface area contributed by atoms with E-state index in [1.807, 2.05) is 30.3 Å². The molecule has 24 heavy (non-hydrogen) atoms. The first-order chi connectivity index (χ1) is 11.6. The van der Waals surface area contributed by atoms with Crippen molar-refractivity contribution < 1.29 is 5.11 Å². The Bertz CT molecular complexity index is 794. The standard InChI is InChI=1S/C18H23N3O2S/c1-2-3-4-5-9-12-19-13-15-16(22)20-18(24)21(17(15)23)14-10-7-6-8-11-14/h6-8,10-11,13,23H,2-5,9,12H2,1H3,(H,20,22,24). The highest BCUT2D eigenvalue weighted by molar-refractivity contribution is 7.71. The maximum absolute atomic E-state index is 12.1. The van der Waals surface area contributed by atoms with Gasteiger partial charge in [-0.1, -0.05) is 50.8 Å². The molecule has 2 aromatic rings. The highest BCUT2D eigenvalue weighted by Gasteiger charge is 2.11. The number of aromatic hydroxyl groups is 1. The molecule has 1 heterocycles. The van der Waals surface area contributed by atoms with Crippen LogP contribution in [0.4, 0.5) is 0 Å². The van der Waals surface area contributed by atoms with Crippen LogP contribution in [-0.4, -0.2) is 27.4 Å². The molecule has 0 aliphatic rings. The second-order valence-corrected chi connectivity index (χ2v) is 6.00. The van der Waals surface area contributed by atoms with Crippen molar-refractivity contribution in [3.05, 3.63) is 51.0 Å². The predicted octanol–water partition coefficient (Wildman–Crippen LogP) is 3.99. The van der Waals surface area contributed by atoms with Crippen molar-refractivity contribution in [2.75, 3.05) is 6.54 Å². The molecule has 2 rings (SSSR count). The quantitative estimate of drug-likeness (QED) is 0.432. The highest BCUT2D eigenvalue weighted by Crippen LogP contribution is 2.18. The van der Waals surface area contributed by atoms with Gasteiger partial charge in [0.25, 0.3) is 5.56 Å². The van der Waals surface area contributed by atoms with Gasteiger partial charge in [0.05, 0.1) is 5.69 Å². The Morgan fingerprint density at radius 3 is 2.62 bits per heavy atom. The Morgan fingerprint density at radius 1 is 1.21 bits per heavy atom. The van der Waals surface area contributed by atoms with E-state index in [1.165, 1.54) is 30.0 Å². The molecule has 0 amide bonds. The third-order valence-electron chi connectivity index (χ3n) is 3.75. The summed E-state index contributed by atoms with van der Waals surface area (Å²) in [4.78, 5) is 18.9. The summed E-state index contributed by atoms with van der Waals surface area (Å²) in [7, 11) is 0. The number of hydrogen-bond donors (Lipinski definition) is 2. The maximum atomic E-state index is 12.1. The van der Waals surface area contributed by atoms with Crippen LogP contribution >= 0.6 is 12.2 Å². The Hall–Kier alpha value is -2.21. The molecule has 0 aliphatic carbocycles. The lowest BCUT2D eigenvalue weighted by atomic mass is 10.1. The van der Waals surface area contributed by atoms with Crippen molar-refractivity contribution in [2.24, 2.45) is 4.99 Å². The third kappa shape index (κ3) is 4.64. The summed E-state index contributed by atoms with van der Waals surface area (Å²) in [5.74, 6) is -0.190. The number of benzene rings is 1. The molecule has 0 aliphatic heterocycles. The highest BCUT2D eigenvalue weighted by atomic mass is 32.1. The summed E-state index contributed by atoms with van der Waals surface area (Å²) in [5.41, 5.74) is 0.380. The zero-order valence-electron chi connectivity index (χ0n) is 13.9. The average molecular weight is 345 g/mol. The van der Waals surface area contributed by atoms with Crippen molar-refractivity contribution in [2.45, 2.75) is 39.0 Å². The van der Waals surface area contributed by atoms with E-state index in [0.29, 0.717) is 12.2 Å². The van der Waals surface area contributed by atoms with Gasteiger partial charge in [0.15, 0.2) is 4.77 Å². The number of aliphatic imine (C=N–C) groups is 1. The smallest absolute Gasteiger partial charge is 0.264 e. The first-order valence-corrected chi connectivity index (χ1v) is 8.69. The normalized spacial score (nSPS) is 11.2. The van der Waals surface area contributed by atoms with Crippen LogP contribution < -0.4 is 5.56 Å². The van der Waals surface area contributed by atoms with Crippen LogP contribution in [0.5, 0.6) is 5.88 Å². The fourth-order valence-corrected chi connectivity index (χ4v) is 2.72. The number of nitrogens with one attached hydrogen (secondary N) is 1. The van der Waals surface area contributed by atoms with Gasteiger partial charge in [-0.15, -0.1) is 0 Å². The predicted molar refractivity (Wildman–Crippen MR) is 100 cm³/mol. The van der Waals surface area contributed by atoms with E-state index in [1.54, 1.807) is 0 Å². The van der Waals surface area contributed by atoms with Gasteiger partial charge in [0, 0.05) is 12.8 Å². The molecule has 128 valence electrons. The zero-order chi connectivity index (χ0) is 17.4. The Kier molecular flexibility index (Phi) is 6.93. The molecule has 1 aromatic carbocycles. The van der Waals surface area contributed by atoms with Crippen LogP contribution in [0.15, 0.2) is 40.1 Å². The van der Waals surface area contributed by atoms with Gasteiger partial charge >= 0.3 is 0 Å². The lowest BCUT2D eigenvalue weighted by Gasteiger charge is -2.10. The number of aromatic nitrogens is 2. The lowest BCUT2D eigenvalue weighted by Crippen LogP contribution is -2.18. The largest absolute Gasteiger partial charge is 0.494 e. The van der Waals surface area contributed by atoms with Crippen molar-refractivity contribution >= 4 is 18.4 Å². The minimum absolute atomic E-state index is 0.126. The molecule has 0 bridgehead atoms. The SMILES string of the molecule is CCCCCCCN=Cc1c(O)n(-c2ccccc2)c(=S)[nH]c1=O. The van der Waals surface area contributed by atoms with Gasteiger partial charge in [-0.3, -0.25) is 19.3 Å². The first-order valence-electron chi connectivity index (χ1n) is 8.28. The lowest BCUT2D eigenvalue weighted by molar-refractivity contribution is 0.432. The summed E-state index contributed by atoms with van der Waals surface area (Å²) in [6, 6.07) is 9.17. The van der Waals surface area contributed by atoms with Crippen molar-refractivity contribution in [1.29, 1.82) is 0 Å². The Morgan fingerprint density at radius 2 is 1.92 bits per heavy atom. The van der Waals surface area contributed by atoms with Crippen molar-refractivity contribution in [3.8, 4) is 11.6 Å². The first kappa shape index (κ1) is 18.1. The molecule has 0 spiro atoms. The second-order valence-electron chi connectivity index (χ2n) is 5.62. The molecule has 0 saturated heterocycles. The van der Waals surface area contributed by atoms with Gasteiger partial charge < -0.3 is 5.11 Å². The number of nitrogens with zero attached hydrogens (tertiary/aromatic N) is 2. The Balaban J connectivity index is 2.19. The van der Waals surface area contributed by atoms with Gasteiger partial charge in [0.1, 0.15) is 5.56 Å². The summed E-state index contributed by atoms with van der Waals surface area (Å²) in [6.45, 7) is 2.82. The van der Waals surface area contributed by atoms with Crippen LogP contribution in [0, 0.1) is 4.77 Å². The molecule has 0 fully saturated rings. The molecular formula is C18H23N3O2S. The van der Waals surface area contributed by atoms with E-state index in [4.69, 9.17) is 12.2 Å². The molecule has 1 aromatic heterocycles. The van der Waals surface area contributed by atoms with E-state index in [-0.39, 0.29) is 16.2 Å². The molecule has 0 radical (unpaired) electrons. The topological polar surface area (TPSA) is 70.4 Å². The maximum Gasteiger partial charge on any atom is 0.264 e. The molecule has 0 atom stereocenters. The monoisotopic (exact) mass is 345 g/mol. The summed E-state index contributed by atoms with van der Waals surface area (Å²) in [6.07, 6.45) is 7.19. The third-order valence-corrected chi connectivity index (χ3v) is 4.03. The molecule has 0 unspecified atom stereocenters. The van der Waals surface area contributed by atoms with Gasteiger partial charge in [0.2, 0.25) is 5.88 Å². The van der Waals surface area contributed by atoms with Crippen LogP contribution in [0.2, 0.25) is 0 Å². The van der Waals surface area contributed by atoms with Crippen LogP contribution in [0.1, 0.15) is 44.6 Å². The summed E-state index contributed by atoms with van der Waals surface area (Å²) >= 11 is 5.17. The minimum Gasteiger partial charge on any atom is -0.494 e. The number of H-pyrrole nitrogens is 1. The summed E-state index contributed by atoms with van der Waals surface area (Å²) < 4.78 is 1.58. The summed E-state index contributed by atoms with van der Waals surface area (Å²) in [5, 5.41) is 10.5. The second kappa shape index (κ2) is 9.17. The number of unbranched alkanes of at least 4 members (excludes halogenated alkanes) is 4. The van der Waals surface area contributed by atoms with E-state index in [0.717, 1.165) is 12.8 Å². The van der Waals surface area contributed by atoms with Crippen LogP contribution in [0.25, 0.3) is 5.69 Å². The molecule has 0 saturated carbocycles. The number of rotatable bonds is 8. The van der Waals surface area contributed by atoms with Gasteiger partial charge in [-0.25, -0.2) is 0 Å². The molecular weight excluding hydrogens is 322 g/mol. The number of aromatic amines is 1. The van der Waals surface area contributed by atoms with Crippen molar-refractivity contribution in [3.63, 3.8) is 0 Å². The number of para-hydroxylation sites is 1. The fraction of sp³-hybridized carbons (Fsp3) is 0.389. The van der Waals surface area contributed by atoms with E-state index >= 15 is 0 Å². The van der Waals surface area contributed by atoms with Gasteiger partial charge in [-0.05, 0) is 30.8 Å². The van der Waals surface area contributed by atoms with E-state index in [2.05, 4.69) is 16.9 Å². The van der Waals surface area contributed by atoms with Crippen LogP contribution in [-0.2, 0) is 0 Å². The number of hydrogen-bond acceptors (Lipinski definition) is 4. The molecule has 6 heteroatoms. The average Bonchev–Trinajstić information content (AvgIpc) is 2.57. The molecule has 5 nitrogen and oxygen atoms in total. The zero-order valence-corrected chi connectivity index (χ0v) is 14.7. The molecule has 2 N–H and O–H groups in total. The fourth-order valence-electron chi connectivity index (χ4n) is 2.43. The minimum atomic E-state index is -0.431.